The Labute approximate surface area is 163 Å². The van der Waals surface area contributed by atoms with Gasteiger partial charge in [-0.1, -0.05) is 24.9 Å². The molecule has 1 heterocycles. The van der Waals surface area contributed by atoms with Crippen LogP contribution in [0.5, 0.6) is 5.75 Å². The lowest BCUT2D eigenvalue weighted by Crippen LogP contribution is -2.58. The van der Waals surface area contributed by atoms with Crippen molar-refractivity contribution in [2.75, 3.05) is 26.3 Å². The molecule has 148 valence electrons. The highest BCUT2D eigenvalue weighted by atomic mass is 35.5. The van der Waals surface area contributed by atoms with Gasteiger partial charge in [0.25, 0.3) is 5.91 Å². The summed E-state index contributed by atoms with van der Waals surface area (Å²) < 4.78 is 10.7. The Balaban J connectivity index is 1.96. The molecule has 1 aliphatic heterocycles. The lowest BCUT2D eigenvalue weighted by Gasteiger charge is -2.34. The van der Waals surface area contributed by atoms with Crippen molar-refractivity contribution in [1.82, 2.24) is 10.2 Å². The third-order valence-corrected chi connectivity index (χ3v) is 4.50. The topological polar surface area (TPSA) is 84.9 Å². The predicted octanol–water partition coefficient (Wildman–Crippen LogP) is 2.09. The maximum atomic E-state index is 12.6. The van der Waals surface area contributed by atoms with Gasteiger partial charge in [0.1, 0.15) is 11.8 Å². The van der Waals surface area contributed by atoms with Gasteiger partial charge in [0.2, 0.25) is 5.91 Å². The third kappa shape index (κ3) is 6.13. The molecule has 2 amide bonds. The van der Waals surface area contributed by atoms with E-state index in [0.29, 0.717) is 30.5 Å². The molecule has 1 saturated heterocycles. The van der Waals surface area contributed by atoms with Gasteiger partial charge in [-0.2, -0.15) is 0 Å². The molecular weight excluding hydrogens is 372 g/mol. The van der Waals surface area contributed by atoms with Crippen LogP contribution in [0.4, 0.5) is 0 Å². The first kappa shape index (κ1) is 21.0. The van der Waals surface area contributed by atoms with Gasteiger partial charge in [-0.05, 0) is 37.1 Å². The number of benzene rings is 1. The largest absolute Gasteiger partial charge is 0.483 e. The van der Waals surface area contributed by atoms with Crippen molar-refractivity contribution in [2.45, 2.75) is 39.2 Å². The maximum Gasteiger partial charge on any atom is 0.308 e. The lowest BCUT2D eigenvalue weighted by atomic mass is 10.1. The number of hydrogen-bond acceptors (Lipinski definition) is 5. The average Bonchev–Trinajstić information content (AvgIpc) is 2.62. The zero-order valence-corrected chi connectivity index (χ0v) is 16.4. The van der Waals surface area contributed by atoms with Crippen molar-refractivity contribution in [2.24, 2.45) is 0 Å². The van der Waals surface area contributed by atoms with Crippen molar-refractivity contribution < 1.29 is 23.9 Å². The average molecular weight is 397 g/mol. The smallest absolute Gasteiger partial charge is 0.308 e. The summed E-state index contributed by atoms with van der Waals surface area (Å²) in [6.45, 7) is 4.57. The first-order chi connectivity index (χ1) is 12.9. The minimum atomic E-state index is -0.879. The van der Waals surface area contributed by atoms with E-state index in [0.717, 1.165) is 18.4 Å². The number of rotatable bonds is 8. The van der Waals surface area contributed by atoms with Crippen LogP contribution >= 0.6 is 11.6 Å². The van der Waals surface area contributed by atoms with Crippen LogP contribution < -0.4 is 10.1 Å². The number of esters is 1. The molecule has 0 aliphatic carbocycles. The number of ether oxygens (including phenoxy) is 2. The second kappa shape index (κ2) is 10.2. The number of piperazine rings is 1. The molecule has 27 heavy (non-hydrogen) atoms. The summed E-state index contributed by atoms with van der Waals surface area (Å²) in [4.78, 5) is 38.1. The zero-order valence-electron chi connectivity index (χ0n) is 15.6. The number of aryl methyl sites for hydroxylation is 1. The fourth-order valence-corrected chi connectivity index (χ4v) is 2.99. The molecule has 1 N–H and O–H groups in total. The van der Waals surface area contributed by atoms with Gasteiger partial charge in [-0.25, -0.2) is 0 Å². The summed E-state index contributed by atoms with van der Waals surface area (Å²) in [7, 11) is 0. The van der Waals surface area contributed by atoms with Crippen LogP contribution in [-0.2, 0) is 19.1 Å². The number of carbonyl (C=O) groups excluding carboxylic acids is 3. The number of hydrogen-bond donors (Lipinski definition) is 1. The molecule has 2 rings (SSSR count). The van der Waals surface area contributed by atoms with Crippen LogP contribution in [0, 0.1) is 6.92 Å². The minimum absolute atomic E-state index is 0.165. The monoisotopic (exact) mass is 396 g/mol. The van der Waals surface area contributed by atoms with Gasteiger partial charge in [-0.15, -0.1) is 0 Å². The predicted molar refractivity (Wildman–Crippen MR) is 101 cm³/mol. The van der Waals surface area contributed by atoms with Crippen LogP contribution in [0.3, 0.4) is 0 Å². The van der Waals surface area contributed by atoms with Crippen LogP contribution in [0.25, 0.3) is 0 Å². The fourth-order valence-electron chi connectivity index (χ4n) is 2.76. The number of unbranched alkanes of at least 4 members (excludes halogenated alkanes) is 1. The number of amides is 2. The Morgan fingerprint density at radius 1 is 1.37 bits per heavy atom. The van der Waals surface area contributed by atoms with E-state index in [-0.39, 0.29) is 24.8 Å². The van der Waals surface area contributed by atoms with Gasteiger partial charge in [0.05, 0.1) is 13.0 Å². The number of carbonyl (C=O) groups is 3. The molecule has 0 bridgehead atoms. The van der Waals surface area contributed by atoms with Crippen LogP contribution in [-0.4, -0.2) is 55.0 Å². The Bertz CT molecular complexity index is 695. The molecule has 7 nitrogen and oxygen atoms in total. The molecule has 1 aromatic carbocycles. The second-order valence-electron chi connectivity index (χ2n) is 6.37. The Kier molecular flexibility index (Phi) is 7.91. The van der Waals surface area contributed by atoms with Gasteiger partial charge < -0.3 is 19.7 Å². The van der Waals surface area contributed by atoms with Gasteiger partial charge in [0, 0.05) is 18.1 Å². The first-order valence-corrected chi connectivity index (χ1v) is 9.42. The molecule has 0 saturated carbocycles. The fraction of sp³-hybridized carbons (Fsp3) is 0.526. The highest BCUT2D eigenvalue weighted by molar-refractivity contribution is 6.30. The lowest BCUT2D eigenvalue weighted by molar-refractivity contribution is -0.152. The molecular formula is C19H25ClN2O5. The van der Waals surface area contributed by atoms with Crippen LogP contribution in [0.15, 0.2) is 18.2 Å². The SMILES string of the molecule is CCCCOC(=O)CC1C(=O)NCCN1C(=O)COc1ccc(Cl)cc1C. The van der Waals surface area contributed by atoms with E-state index in [2.05, 4.69) is 5.32 Å². The van der Waals surface area contributed by atoms with Crippen molar-refractivity contribution >= 4 is 29.4 Å². The summed E-state index contributed by atoms with van der Waals surface area (Å²) in [5.41, 5.74) is 0.808. The molecule has 1 fully saturated rings. The summed E-state index contributed by atoms with van der Waals surface area (Å²) in [6, 6.07) is 4.23. The van der Waals surface area contributed by atoms with Crippen molar-refractivity contribution in [3.05, 3.63) is 28.8 Å². The van der Waals surface area contributed by atoms with Crippen LogP contribution in [0.2, 0.25) is 5.02 Å². The Morgan fingerprint density at radius 3 is 2.85 bits per heavy atom. The summed E-state index contributed by atoms with van der Waals surface area (Å²) in [5, 5.41) is 3.27. The molecule has 0 aromatic heterocycles. The minimum Gasteiger partial charge on any atom is -0.483 e. The quantitative estimate of drug-likeness (QED) is 0.537. The van der Waals surface area contributed by atoms with E-state index in [1.165, 1.54) is 4.90 Å². The van der Waals surface area contributed by atoms with Gasteiger partial charge >= 0.3 is 5.97 Å². The van der Waals surface area contributed by atoms with Crippen molar-refractivity contribution in [3.8, 4) is 5.75 Å². The zero-order chi connectivity index (χ0) is 19.8. The normalized spacial score (nSPS) is 16.6. The highest BCUT2D eigenvalue weighted by Gasteiger charge is 2.35. The van der Waals surface area contributed by atoms with E-state index in [1.807, 2.05) is 13.8 Å². The van der Waals surface area contributed by atoms with Crippen molar-refractivity contribution in [1.29, 1.82) is 0 Å². The van der Waals surface area contributed by atoms with E-state index in [9.17, 15) is 14.4 Å². The van der Waals surface area contributed by atoms with Crippen molar-refractivity contribution in [3.63, 3.8) is 0 Å². The summed E-state index contributed by atoms with van der Waals surface area (Å²) >= 11 is 5.91. The first-order valence-electron chi connectivity index (χ1n) is 9.04. The molecule has 8 heteroatoms. The van der Waals surface area contributed by atoms with E-state index < -0.39 is 12.0 Å². The number of nitrogens with zero attached hydrogens (tertiary/aromatic N) is 1. The van der Waals surface area contributed by atoms with E-state index in [1.54, 1.807) is 18.2 Å². The Hall–Kier alpha value is -2.28. The number of halogens is 1. The highest BCUT2D eigenvalue weighted by Crippen LogP contribution is 2.22. The molecule has 0 radical (unpaired) electrons. The standard InChI is InChI=1S/C19H25ClN2O5/c1-3-4-9-26-18(24)11-15-19(25)21-7-8-22(15)17(23)12-27-16-6-5-14(20)10-13(16)2/h5-6,10,15H,3-4,7-9,11-12H2,1-2H3,(H,21,25). The van der Waals surface area contributed by atoms with Gasteiger partial charge in [0.15, 0.2) is 6.61 Å². The molecule has 0 spiro atoms. The Morgan fingerprint density at radius 2 is 2.15 bits per heavy atom. The molecule has 1 aliphatic rings. The maximum absolute atomic E-state index is 12.6. The van der Waals surface area contributed by atoms with Gasteiger partial charge in [-0.3, -0.25) is 14.4 Å². The molecule has 1 aromatic rings. The number of nitrogens with one attached hydrogen (secondary N) is 1. The van der Waals surface area contributed by atoms with Crippen LogP contribution in [0.1, 0.15) is 31.7 Å². The summed E-state index contributed by atoms with van der Waals surface area (Å²) in [5.74, 6) is -0.655. The summed E-state index contributed by atoms with van der Waals surface area (Å²) in [6.07, 6.45) is 1.50. The third-order valence-electron chi connectivity index (χ3n) is 4.26. The van der Waals surface area contributed by atoms with E-state index in [4.69, 9.17) is 21.1 Å². The molecule has 1 unspecified atom stereocenters. The second-order valence-corrected chi connectivity index (χ2v) is 6.81. The molecule has 1 atom stereocenters. The van der Waals surface area contributed by atoms with E-state index >= 15 is 0 Å².